The van der Waals surface area contributed by atoms with Crippen molar-refractivity contribution in [3.8, 4) is 0 Å². The van der Waals surface area contributed by atoms with Crippen LogP contribution in [0.15, 0.2) is 12.1 Å². The van der Waals surface area contributed by atoms with E-state index in [4.69, 9.17) is 11.5 Å². The van der Waals surface area contributed by atoms with Crippen LogP contribution in [-0.2, 0) is 6.54 Å². The molecule has 0 unspecified atom stereocenters. The van der Waals surface area contributed by atoms with E-state index in [2.05, 4.69) is 5.32 Å². The summed E-state index contributed by atoms with van der Waals surface area (Å²) in [5.41, 5.74) is 11.4. The highest BCUT2D eigenvalue weighted by molar-refractivity contribution is 5.97. The second kappa shape index (κ2) is 6.20. The minimum Gasteiger partial charge on any atom is -0.364 e. The van der Waals surface area contributed by atoms with Crippen LogP contribution in [0.25, 0.3) is 0 Å². The van der Waals surface area contributed by atoms with Crippen LogP contribution < -0.4 is 16.8 Å². The lowest BCUT2D eigenvalue weighted by Gasteiger charge is -2.14. The Hall–Kier alpha value is -1.82. The lowest BCUT2D eigenvalue weighted by Crippen LogP contribution is -2.31. The minimum atomic E-state index is -0.534. The average Bonchev–Trinajstić information content (AvgIpc) is 2.68. The number of nitrogens with zero attached hydrogens (tertiary/aromatic N) is 1. The molecule has 0 saturated carbocycles. The Morgan fingerprint density at radius 1 is 1.33 bits per heavy atom. The highest BCUT2D eigenvalue weighted by atomic mass is 16.2. The van der Waals surface area contributed by atoms with Crippen molar-refractivity contribution in [1.82, 2.24) is 9.88 Å². The van der Waals surface area contributed by atoms with Crippen molar-refractivity contribution < 1.29 is 9.59 Å². The summed E-state index contributed by atoms with van der Waals surface area (Å²) in [7, 11) is 0. The first-order valence-corrected chi connectivity index (χ1v) is 5.95. The van der Waals surface area contributed by atoms with Crippen LogP contribution in [-0.4, -0.2) is 29.5 Å². The number of rotatable bonds is 6. The second-order valence-corrected chi connectivity index (χ2v) is 4.52. The van der Waals surface area contributed by atoms with Gasteiger partial charge in [0, 0.05) is 19.6 Å². The Morgan fingerprint density at radius 2 is 1.94 bits per heavy atom. The van der Waals surface area contributed by atoms with E-state index < -0.39 is 5.91 Å². The Morgan fingerprint density at radius 3 is 2.44 bits per heavy atom. The number of hydrogen-bond acceptors (Lipinski definition) is 3. The van der Waals surface area contributed by atoms with Crippen molar-refractivity contribution in [2.45, 2.75) is 20.4 Å². The van der Waals surface area contributed by atoms with E-state index in [1.807, 2.05) is 13.8 Å². The Kier molecular flexibility index (Phi) is 4.91. The summed E-state index contributed by atoms with van der Waals surface area (Å²) in [6, 6.07) is 3.18. The predicted molar refractivity (Wildman–Crippen MR) is 69.2 cm³/mol. The molecule has 0 radical (unpaired) electrons. The summed E-state index contributed by atoms with van der Waals surface area (Å²) in [5.74, 6) is -0.473. The Bertz CT molecular complexity index is 437. The zero-order valence-electron chi connectivity index (χ0n) is 10.8. The molecule has 0 saturated heterocycles. The molecule has 5 N–H and O–H groups in total. The molecule has 0 aliphatic rings. The summed E-state index contributed by atoms with van der Waals surface area (Å²) < 4.78 is 1.65. The van der Waals surface area contributed by atoms with Crippen molar-refractivity contribution in [3.05, 3.63) is 23.5 Å². The molecule has 0 spiro atoms. The van der Waals surface area contributed by atoms with E-state index >= 15 is 0 Å². The zero-order chi connectivity index (χ0) is 13.7. The number of carbonyl (C=O) groups excluding carboxylic acids is 2. The van der Waals surface area contributed by atoms with Crippen LogP contribution >= 0.6 is 0 Å². The van der Waals surface area contributed by atoms with Gasteiger partial charge in [-0.05, 0) is 18.1 Å². The van der Waals surface area contributed by atoms with Gasteiger partial charge in [-0.2, -0.15) is 0 Å². The third-order valence-electron chi connectivity index (χ3n) is 2.44. The van der Waals surface area contributed by atoms with Gasteiger partial charge in [-0.15, -0.1) is 0 Å². The first-order valence-electron chi connectivity index (χ1n) is 5.95. The molecule has 1 aromatic rings. The number of primary amides is 1. The molecule has 0 atom stereocenters. The van der Waals surface area contributed by atoms with E-state index in [0.29, 0.717) is 36.9 Å². The molecule has 1 rings (SSSR count). The van der Waals surface area contributed by atoms with Crippen LogP contribution in [0.1, 0.15) is 34.8 Å². The van der Waals surface area contributed by atoms with Crippen molar-refractivity contribution in [2.24, 2.45) is 17.4 Å². The molecule has 2 amide bonds. The molecule has 0 aliphatic carbocycles. The zero-order valence-corrected chi connectivity index (χ0v) is 10.8. The van der Waals surface area contributed by atoms with Gasteiger partial charge in [-0.25, -0.2) is 0 Å². The quantitative estimate of drug-likeness (QED) is 0.660. The fraction of sp³-hybridized carbons (Fsp3) is 0.500. The molecule has 1 heterocycles. The Labute approximate surface area is 106 Å². The number of nitrogens with one attached hydrogen (secondary N) is 1. The van der Waals surface area contributed by atoms with Gasteiger partial charge in [-0.1, -0.05) is 13.8 Å². The van der Waals surface area contributed by atoms with E-state index in [9.17, 15) is 9.59 Å². The monoisotopic (exact) mass is 252 g/mol. The van der Waals surface area contributed by atoms with Crippen LogP contribution in [0, 0.1) is 5.92 Å². The normalized spacial score (nSPS) is 10.7. The number of aromatic nitrogens is 1. The van der Waals surface area contributed by atoms with Gasteiger partial charge in [0.15, 0.2) is 0 Å². The summed E-state index contributed by atoms with van der Waals surface area (Å²) >= 11 is 0. The van der Waals surface area contributed by atoms with Gasteiger partial charge in [0.1, 0.15) is 11.4 Å². The number of amides is 2. The Balaban J connectivity index is 3.03. The highest BCUT2D eigenvalue weighted by Gasteiger charge is 2.17. The van der Waals surface area contributed by atoms with Crippen molar-refractivity contribution in [1.29, 1.82) is 0 Å². The molecule has 100 valence electrons. The maximum atomic E-state index is 11.9. The molecule has 0 bridgehead atoms. The standard InChI is InChI=1S/C12H20N4O2/c1-8(2)7-16-9(11(14)17)3-4-10(16)12(18)15-6-5-13/h3-4,8H,5-7,13H2,1-2H3,(H2,14,17)(H,15,18). The third kappa shape index (κ3) is 3.33. The second-order valence-electron chi connectivity index (χ2n) is 4.52. The van der Waals surface area contributed by atoms with Gasteiger partial charge in [0.2, 0.25) is 0 Å². The lowest BCUT2D eigenvalue weighted by atomic mass is 10.2. The van der Waals surface area contributed by atoms with Gasteiger partial charge in [0.05, 0.1) is 0 Å². The smallest absolute Gasteiger partial charge is 0.267 e. The minimum absolute atomic E-state index is 0.242. The SMILES string of the molecule is CC(C)Cn1c(C(N)=O)ccc1C(=O)NCCN. The fourth-order valence-electron chi connectivity index (χ4n) is 1.72. The first-order chi connectivity index (χ1) is 8.47. The molecular weight excluding hydrogens is 232 g/mol. The summed E-state index contributed by atoms with van der Waals surface area (Å²) in [4.78, 5) is 23.2. The van der Waals surface area contributed by atoms with Crippen molar-refractivity contribution in [3.63, 3.8) is 0 Å². The van der Waals surface area contributed by atoms with Crippen LogP contribution in [0.4, 0.5) is 0 Å². The first kappa shape index (κ1) is 14.2. The van der Waals surface area contributed by atoms with Crippen LogP contribution in [0.3, 0.4) is 0 Å². The number of carbonyl (C=O) groups is 2. The molecule has 18 heavy (non-hydrogen) atoms. The van der Waals surface area contributed by atoms with E-state index in [0.717, 1.165) is 0 Å². The van der Waals surface area contributed by atoms with Gasteiger partial charge < -0.3 is 21.4 Å². The van der Waals surface area contributed by atoms with E-state index in [1.54, 1.807) is 16.7 Å². The average molecular weight is 252 g/mol. The molecular formula is C12H20N4O2. The number of nitrogens with two attached hydrogens (primary N) is 2. The maximum Gasteiger partial charge on any atom is 0.267 e. The van der Waals surface area contributed by atoms with Gasteiger partial charge >= 0.3 is 0 Å². The van der Waals surface area contributed by atoms with Gasteiger partial charge in [-0.3, -0.25) is 9.59 Å². The molecule has 1 aromatic heterocycles. The highest BCUT2D eigenvalue weighted by Crippen LogP contribution is 2.12. The number of hydrogen-bond donors (Lipinski definition) is 3. The van der Waals surface area contributed by atoms with Crippen LogP contribution in [0.5, 0.6) is 0 Å². The topological polar surface area (TPSA) is 103 Å². The fourth-order valence-corrected chi connectivity index (χ4v) is 1.72. The lowest BCUT2D eigenvalue weighted by molar-refractivity contribution is 0.0943. The van der Waals surface area contributed by atoms with E-state index in [1.165, 1.54) is 0 Å². The largest absolute Gasteiger partial charge is 0.364 e. The summed E-state index contributed by atoms with van der Waals surface area (Å²) in [6.45, 7) is 5.35. The van der Waals surface area contributed by atoms with Gasteiger partial charge in [0.25, 0.3) is 11.8 Å². The maximum absolute atomic E-state index is 11.9. The predicted octanol–water partition coefficient (Wildman–Crippen LogP) is -0.0685. The molecule has 6 nitrogen and oxygen atoms in total. The molecule has 0 fully saturated rings. The van der Waals surface area contributed by atoms with Crippen molar-refractivity contribution in [2.75, 3.05) is 13.1 Å². The third-order valence-corrected chi connectivity index (χ3v) is 2.44. The van der Waals surface area contributed by atoms with Crippen molar-refractivity contribution >= 4 is 11.8 Å². The molecule has 0 aromatic carbocycles. The molecule has 0 aliphatic heterocycles. The van der Waals surface area contributed by atoms with E-state index in [-0.39, 0.29) is 5.91 Å². The summed E-state index contributed by atoms with van der Waals surface area (Å²) in [5, 5.41) is 2.68. The van der Waals surface area contributed by atoms with Crippen LogP contribution in [0.2, 0.25) is 0 Å². The molecule has 6 heteroatoms. The summed E-state index contributed by atoms with van der Waals surface area (Å²) in [6.07, 6.45) is 0.